The van der Waals surface area contributed by atoms with Gasteiger partial charge in [-0.2, -0.15) is 0 Å². The molecule has 4 heteroatoms. The van der Waals surface area contributed by atoms with E-state index in [2.05, 4.69) is 24.4 Å². The molecule has 0 heterocycles. The van der Waals surface area contributed by atoms with Crippen LogP contribution >= 0.6 is 0 Å². The van der Waals surface area contributed by atoms with Gasteiger partial charge in [-0.05, 0) is 62.8 Å². The number of rotatable bonds is 11. The number of benzene rings is 2. The zero-order valence-electron chi connectivity index (χ0n) is 17.6. The van der Waals surface area contributed by atoms with Crippen molar-refractivity contribution < 1.29 is 14.3 Å². The monoisotopic (exact) mass is 383 g/mol. The Labute approximate surface area is 169 Å². The molecule has 2 aromatic rings. The maximum atomic E-state index is 12.5. The van der Waals surface area contributed by atoms with E-state index in [0.717, 1.165) is 42.9 Å². The molecule has 1 amide bonds. The molecule has 0 fully saturated rings. The van der Waals surface area contributed by atoms with Crippen LogP contribution in [0, 0.1) is 13.8 Å². The Kier molecular flexibility index (Phi) is 8.86. The van der Waals surface area contributed by atoms with Crippen molar-refractivity contribution >= 4 is 5.91 Å². The van der Waals surface area contributed by atoms with Crippen molar-refractivity contribution in [2.45, 2.75) is 59.5 Å². The summed E-state index contributed by atoms with van der Waals surface area (Å²) in [6.07, 6.45) is 2.88. The Hall–Kier alpha value is -2.49. The Morgan fingerprint density at radius 3 is 2.57 bits per heavy atom. The molecule has 0 aliphatic carbocycles. The third-order valence-corrected chi connectivity index (χ3v) is 4.62. The normalized spacial score (nSPS) is 11.7. The maximum Gasteiger partial charge on any atom is 0.261 e. The fraction of sp³-hybridized carbons (Fsp3) is 0.458. The summed E-state index contributed by atoms with van der Waals surface area (Å²) in [5.74, 6) is 1.66. The molecule has 0 saturated heterocycles. The highest BCUT2D eigenvalue weighted by molar-refractivity contribution is 5.81. The van der Waals surface area contributed by atoms with Gasteiger partial charge in [-0.1, -0.05) is 49.7 Å². The van der Waals surface area contributed by atoms with Gasteiger partial charge in [0.1, 0.15) is 11.5 Å². The molecule has 0 saturated carbocycles. The number of amides is 1. The highest BCUT2D eigenvalue weighted by atomic mass is 16.5. The second-order valence-corrected chi connectivity index (χ2v) is 7.13. The average Bonchev–Trinajstić information content (AvgIpc) is 2.69. The number of aryl methyl sites for hydroxylation is 3. The summed E-state index contributed by atoms with van der Waals surface area (Å²) in [5.41, 5.74) is 3.42. The van der Waals surface area contributed by atoms with E-state index in [9.17, 15) is 4.79 Å². The standard InChI is InChI=1S/C24H33NO3/c1-5-16-27-23-12-8-7-10-20(23)11-9-15-25-24(26)21(6-2)28-22-14-13-18(3)17-19(22)4/h7-8,10,12-14,17,21H,5-6,9,11,15-16H2,1-4H3,(H,25,26)/t21-/m1/s1. The van der Waals surface area contributed by atoms with Gasteiger partial charge in [0.2, 0.25) is 0 Å². The number of hydrogen-bond donors (Lipinski definition) is 1. The first-order chi connectivity index (χ1) is 13.5. The lowest BCUT2D eigenvalue weighted by atomic mass is 10.1. The Bertz CT molecular complexity index is 757. The molecule has 0 aliphatic rings. The van der Waals surface area contributed by atoms with E-state index in [1.807, 2.05) is 51.1 Å². The van der Waals surface area contributed by atoms with E-state index in [0.29, 0.717) is 13.0 Å². The van der Waals surface area contributed by atoms with Crippen LogP contribution in [0.1, 0.15) is 49.8 Å². The van der Waals surface area contributed by atoms with Gasteiger partial charge in [0.25, 0.3) is 5.91 Å². The molecule has 0 unspecified atom stereocenters. The van der Waals surface area contributed by atoms with Crippen molar-refractivity contribution in [1.82, 2.24) is 5.32 Å². The van der Waals surface area contributed by atoms with Gasteiger partial charge in [-0.3, -0.25) is 4.79 Å². The van der Waals surface area contributed by atoms with E-state index < -0.39 is 6.10 Å². The lowest BCUT2D eigenvalue weighted by Gasteiger charge is -2.19. The minimum absolute atomic E-state index is 0.0574. The van der Waals surface area contributed by atoms with Crippen molar-refractivity contribution in [2.24, 2.45) is 0 Å². The number of hydrogen-bond acceptors (Lipinski definition) is 3. The number of nitrogens with one attached hydrogen (secondary N) is 1. The minimum atomic E-state index is -0.471. The van der Waals surface area contributed by atoms with Gasteiger partial charge in [-0.25, -0.2) is 0 Å². The summed E-state index contributed by atoms with van der Waals surface area (Å²) >= 11 is 0. The molecule has 2 aromatic carbocycles. The summed E-state index contributed by atoms with van der Waals surface area (Å²) in [6, 6.07) is 14.1. The topological polar surface area (TPSA) is 47.6 Å². The lowest BCUT2D eigenvalue weighted by Crippen LogP contribution is -2.38. The molecule has 28 heavy (non-hydrogen) atoms. The van der Waals surface area contributed by atoms with Crippen molar-refractivity contribution in [3.63, 3.8) is 0 Å². The summed E-state index contributed by atoms with van der Waals surface area (Å²) < 4.78 is 11.8. The average molecular weight is 384 g/mol. The molecular formula is C24H33NO3. The third kappa shape index (κ3) is 6.59. The van der Waals surface area contributed by atoms with E-state index in [1.54, 1.807) is 0 Å². The maximum absolute atomic E-state index is 12.5. The van der Waals surface area contributed by atoms with Crippen molar-refractivity contribution in [3.8, 4) is 11.5 Å². The molecular weight excluding hydrogens is 350 g/mol. The van der Waals surface area contributed by atoms with Gasteiger partial charge < -0.3 is 14.8 Å². The van der Waals surface area contributed by atoms with Gasteiger partial charge in [0.15, 0.2) is 6.10 Å². The number of carbonyl (C=O) groups excluding carboxylic acids is 1. The molecule has 1 N–H and O–H groups in total. The molecule has 152 valence electrons. The van der Waals surface area contributed by atoms with Crippen LogP contribution in [0.5, 0.6) is 11.5 Å². The Balaban J connectivity index is 1.82. The molecule has 0 radical (unpaired) electrons. The number of ether oxygens (including phenoxy) is 2. The first-order valence-electron chi connectivity index (χ1n) is 10.3. The largest absolute Gasteiger partial charge is 0.493 e. The predicted octanol–water partition coefficient (Wildman–Crippen LogP) is 5.00. The van der Waals surface area contributed by atoms with E-state index in [1.165, 1.54) is 11.1 Å². The quantitative estimate of drug-likeness (QED) is 0.556. The highest BCUT2D eigenvalue weighted by Gasteiger charge is 2.18. The van der Waals surface area contributed by atoms with E-state index >= 15 is 0 Å². The van der Waals surface area contributed by atoms with Gasteiger partial charge in [-0.15, -0.1) is 0 Å². The fourth-order valence-corrected chi connectivity index (χ4v) is 3.07. The van der Waals surface area contributed by atoms with Crippen LogP contribution in [-0.4, -0.2) is 25.2 Å². The van der Waals surface area contributed by atoms with Crippen LogP contribution in [0.2, 0.25) is 0 Å². The highest BCUT2D eigenvalue weighted by Crippen LogP contribution is 2.21. The second kappa shape index (κ2) is 11.4. The molecule has 1 atom stereocenters. The summed E-state index contributed by atoms with van der Waals surface area (Å²) in [6.45, 7) is 9.46. The molecule has 2 rings (SSSR count). The van der Waals surface area contributed by atoms with Crippen LogP contribution in [0.25, 0.3) is 0 Å². The zero-order chi connectivity index (χ0) is 20.4. The third-order valence-electron chi connectivity index (χ3n) is 4.62. The lowest BCUT2D eigenvalue weighted by molar-refractivity contribution is -0.128. The van der Waals surface area contributed by atoms with Gasteiger partial charge in [0, 0.05) is 6.54 Å². The molecule has 4 nitrogen and oxygen atoms in total. The zero-order valence-corrected chi connectivity index (χ0v) is 17.6. The van der Waals surface area contributed by atoms with Crippen molar-refractivity contribution in [2.75, 3.05) is 13.2 Å². The molecule has 0 spiro atoms. The summed E-state index contributed by atoms with van der Waals surface area (Å²) in [4.78, 5) is 12.5. The first kappa shape index (κ1) is 21.8. The van der Waals surface area contributed by atoms with Crippen LogP contribution in [0.3, 0.4) is 0 Å². The molecule has 0 aliphatic heterocycles. The molecule has 0 aromatic heterocycles. The van der Waals surface area contributed by atoms with Crippen LogP contribution in [0.4, 0.5) is 0 Å². The Morgan fingerprint density at radius 2 is 1.86 bits per heavy atom. The van der Waals surface area contributed by atoms with Crippen LogP contribution in [-0.2, 0) is 11.2 Å². The summed E-state index contributed by atoms with van der Waals surface area (Å²) in [7, 11) is 0. The van der Waals surface area contributed by atoms with E-state index in [4.69, 9.17) is 9.47 Å². The van der Waals surface area contributed by atoms with Crippen LogP contribution < -0.4 is 14.8 Å². The second-order valence-electron chi connectivity index (χ2n) is 7.13. The number of carbonyl (C=O) groups is 1. The predicted molar refractivity (Wildman–Crippen MR) is 114 cm³/mol. The number of para-hydroxylation sites is 1. The molecule has 0 bridgehead atoms. The van der Waals surface area contributed by atoms with Gasteiger partial charge in [0.05, 0.1) is 6.61 Å². The first-order valence-corrected chi connectivity index (χ1v) is 10.3. The van der Waals surface area contributed by atoms with Crippen molar-refractivity contribution in [1.29, 1.82) is 0 Å². The SMILES string of the molecule is CCCOc1ccccc1CCCNC(=O)[C@@H](CC)Oc1ccc(C)cc1C. The Morgan fingerprint density at radius 1 is 1.07 bits per heavy atom. The van der Waals surface area contributed by atoms with E-state index in [-0.39, 0.29) is 5.91 Å². The van der Waals surface area contributed by atoms with Crippen LogP contribution in [0.15, 0.2) is 42.5 Å². The fourth-order valence-electron chi connectivity index (χ4n) is 3.07. The summed E-state index contributed by atoms with van der Waals surface area (Å²) in [5, 5.41) is 3.01. The van der Waals surface area contributed by atoms with Gasteiger partial charge >= 0.3 is 0 Å². The minimum Gasteiger partial charge on any atom is -0.493 e. The van der Waals surface area contributed by atoms with Crippen molar-refractivity contribution in [3.05, 3.63) is 59.2 Å². The smallest absolute Gasteiger partial charge is 0.261 e.